The zero-order valence-electron chi connectivity index (χ0n) is 13.1. The van der Waals surface area contributed by atoms with Crippen LogP contribution in [0.15, 0.2) is 35.2 Å². The lowest BCUT2D eigenvalue weighted by molar-refractivity contribution is 0.0565. The summed E-state index contributed by atoms with van der Waals surface area (Å²) in [5.74, 6) is 0.979. The van der Waals surface area contributed by atoms with Crippen molar-refractivity contribution in [3.05, 3.63) is 46.4 Å². The maximum atomic E-state index is 12.9. The molecule has 1 amide bonds. The number of nitrogens with zero attached hydrogens (tertiary/aromatic N) is 3. The Balaban J connectivity index is 1.43. The Morgan fingerprint density at radius 3 is 2.83 bits per heavy atom. The first-order valence-electron chi connectivity index (χ1n) is 8.51. The van der Waals surface area contributed by atoms with Gasteiger partial charge in [0.1, 0.15) is 5.69 Å². The van der Waals surface area contributed by atoms with Crippen LogP contribution >= 0.6 is 11.3 Å². The van der Waals surface area contributed by atoms with Crippen LogP contribution in [-0.4, -0.2) is 46.0 Å². The third-order valence-corrected chi connectivity index (χ3v) is 6.22. The van der Waals surface area contributed by atoms with Crippen molar-refractivity contribution in [1.29, 1.82) is 0 Å². The lowest BCUT2D eigenvalue weighted by atomic mass is 10.1. The van der Waals surface area contributed by atoms with E-state index in [1.807, 2.05) is 12.1 Å². The molecule has 0 radical (unpaired) electrons. The van der Waals surface area contributed by atoms with Gasteiger partial charge in [0.2, 0.25) is 0 Å². The quantitative estimate of drug-likeness (QED) is 0.864. The summed E-state index contributed by atoms with van der Waals surface area (Å²) >= 11 is 1.76. The predicted octanol–water partition coefficient (Wildman–Crippen LogP) is 2.84. The first-order chi connectivity index (χ1) is 11.3. The van der Waals surface area contributed by atoms with Crippen molar-refractivity contribution < 1.29 is 4.79 Å². The Bertz CT molecular complexity index is 718. The summed E-state index contributed by atoms with van der Waals surface area (Å²) in [5.41, 5.74) is 2.27. The van der Waals surface area contributed by atoms with Gasteiger partial charge in [-0.3, -0.25) is 9.69 Å². The number of carbonyl (C=O) groups excluding carboxylic acids is 1. The van der Waals surface area contributed by atoms with Crippen LogP contribution in [0, 0.1) is 5.92 Å². The fourth-order valence-corrected chi connectivity index (χ4v) is 4.82. The van der Waals surface area contributed by atoms with E-state index in [-0.39, 0.29) is 5.91 Å². The molecule has 1 aliphatic carbocycles. The van der Waals surface area contributed by atoms with Gasteiger partial charge in [-0.05, 0) is 53.3 Å². The van der Waals surface area contributed by atoms with E-state index in [0.29, 0.717) is 12.1 Å². The lowest BCUT2D eigenvalue weighted by Gasteiger charge is -2.38. The molecule has 0 spiro atoms. The van der Waals surface area contributed by atoms with Gasteiger partial charge in [-0.2, -0.15) is 11.3 Å². The molecular weight excluding hydrogens is 306 g/mol. The third kappa shape index (κ3) is 2.34. The molecule has 2 fully saturated rings. The zero-order chi connectivity index (χ0) is 15.4. The number of hydrogen-bond donors (Lipinski definition) is 0. The fourth-order valence-electron chi connectivity index (χ4n) is 4.16. The van der Waals surface area contributed by atoms with Gasteiger partial charge >= 0.3 is 0 Å². The highest BCUT2D eigenvalue weighted by atomic mass is 32.1. The van der Waals surface area contributed by atoms with Gasteiger partial charge in [0.25, 0.3) is 5.91 Å². The van der Waals surface area contributed by atoms with Gasteiger partial charge < -0.3 is 9.47 Å². The van der Waals surface area contributed by atoms with Gasteiger partial charge in [-0.1, -0.05) is 0 Å². The van der Waals surface area contributed by atoms with E-state index in [9.17, 15) is 4.79 Å². The van der Waals surface area contributed by atoms with Crippen molar-refractivity contribution in [1.82, 2.24) is 14.4 Å². The summed E-state index contributed by atoms with van der Waals surface area (Å²) in [6.07, 6.45) is 4.68. The monoisotopic (exact) mass is 327 g/mol. The third-order valence-electron chi connectivity index (χ3n) is 5.49. The van der Waals surface area contributed by atoms with Crippen LogP contribution in [0.4, 0.5) is 0 Å². The molecular formula is C18H21N3OS. The summed E-state index contributed by atoms with van der Waals surface area (Å²) in [7, 11) is 0. The molecule has 2 aliphatic heterocycles. The van der Waals surface area contributed by atoms with E-state index in [4.69, 9.17) is 0 Å². The van der Waals surface area contributed by atoms with Crippen LogP contribution in [0.3, 0.4) is 0 Å². The van der Waals surface area contributed by atoms with E-state index in [0.717, 1.165) is 37.8 Å². The first-order valence-corrected chi connectivity index (χ1v) is 9.45. The molecule has 0 aromatic carbocycles. The molecule has 1 saturated carbocycles. The highest BCUT2D eigenvalue weighted by Gasteiger charge is 2.46. The molecule has 120 valence electrons. The number of hydrogen-bond acceptors (Lipinski definition) is 3. The Kier molecular flexibility index (Phi) is 3.13. The van der Waals surface area contributed by atoms with E-state index in [1.54, 1.807) is 11.3 Å². The highest BCUT2D eigenvalue weighted by Crippen LogP contribution is 2.38. The van der Waals surface area contributed by atoms with E-state index < -0.39 is 0 Å². The van der Waals surface area contributed by atoms with Gasteiger partial charge in [-0.25, -0.2) is 0 Å². The topological polar surface area (TPSA) is 28.5 Å². The number of carbonyl (C=O) groups is 1. The van der Waals surface area contributed by atoms with Gasteiger partial charge in [0, 0.05) is 32.4 Å². The largest absolute Gasteiger partial charge is 0.337 e. The molecule has 2 atom stereocenters. The Hall–Kier alpha value is -1.59. The van der Waals surface area contributed by atoms with E-state index in [2.05, 4.69) is 37.4 Å². The molecule has 5 heteroatoms. The average molecular weight is 327 g/mol. The van der Waals surface area contributed by atoms with Crippen molar-refractivity contribution in [3.63, 3.8) is 0 Å². The Labute approximate surface area is 140 Å². The highest BCUT2D eigenvalue weighted by molar-refractivity contribution is 7.07. The summed E-state index contributed by atoms with van der Waals surface area (Å²) in [6.45, 7) is 3.99. The van der Waals surface area contributed by atoms with Crippen LogP contribution in [0.1, 0.15) is 34.9 Å². The molecule has 2 aromatic heterocycles. The second kappa shape index (κ2) is 5.21. The van der Waals surface area contributed by atoms with Crippen LogP contribution in [0.25, 0.3) is 0 Å². The normalized spacial score (nSPS) is 27.3. The smallest absolute Gasteiger partial charge is 0.270 e. The van der Waals surface area contributed by atoms with Crippen molar-refractivity contribution in [2.45, 2.75) is 31.5 Å². The summed E-state index contributed by atoms with van der Waals surface area (Å²) in [5, 5.41) is 4.38. The minimum Gasteiger partial charge on any atom is -0.337 e. The molecule has 0 N–H and O–H groups in total. The van der Waals surface area contributed by atoms with E-state index >= 15 is 0 Å². The number of thiophene rings is 1. The minimum absolute atomic E-state index is 0.237. The van der Waals surface area contributed by atoms with Gasteiger partial charge in [-0.15, -0.1) is 0 Å². The molecule has 3 aliphatic rings. The maximum absolute atomic E-state index is 12.9. The predicted molar refractivity (Wildman–Crippen MR) is 90.6 cm³/mol. The van der Waals surface area contributed by atoms with Crippen LogP contribution in [0.2, 0.25) is 0 Å². The van der Waals surface area contributed by atoms with Crippen molar-refractivity contribution >= 4 is 17.2 Å². The summed E-state index contributed by atoms with van der Waals surface area (Å²) in [4.78, 5) is 17.6. The Morgan fingerprint density at radius 1 is 1.17 bits per heavy atom. The zero-order valence-corrected chi connectivity index (χ0v) is 13.9. The molecule has 0 bridgehead atoms. The van der Waals surface area contributed by atoms with Crippen LogP contribution < -0.4 is 0 Å². The standard InChI is InChI=1S/C18H21N3OS/c22-18-15-2-1-6-20(15)16-10-19(8-14-5-7-23-12-14)11-17(16)21(18)9-13-3-4-13/h1-2,5-7,12-13,16-17H,3-4,8-11H2/t16-,17+/m1/s1. The van der Waals surface area contributed by atoms with Crippen LogP contribution in [0.5, 0.6) is 0 Å². The SMILES string of the molecule is O=C1c2cccn2[C@@H]2CN(Cc3ccsc3)C[C@@H]2N1CC1CC1. The number of rotatable bonds is 4. The van der Waals surface area contributed by atoms with Crippen molar-refractivity contribution in [3.8, 4) is 0 Å². The second-order valence-electron chi connectivity index (χ2n) is 7.16. The maximum Gasteiger partial charge on any atom is 0.270 e. The molecule has 4 heterocycles. The second-order valence-corrected chi connectivity index (χ2v) is 7.94. The van der Waals surface area contributed by atoms with E-state index in [1.165, 1.54) is 18.4 Å². The summed E-state index contributed by atoms with van der Waals surface area (Å²) in [6, 6.07) is 6.96. The molecule has 5 rings (SSSR count). The minimum atomic E-state index is 0.237. The fraction of sp³-hybridized carbons (Fsp3) is 0.500. The lowest BCUT2D eigenvalue weighted by Crippen LogP contribution is -2.51. The first kappa shape index (κ1) is 13.8. The van der Waals surface area contributed by atoms with Crippen molar-refractivity contribution in [2.75, 3.05) is 19.6 Å². The number of aromatic nitrogens is 1. The van der Waals surface area contributed by atoms with Gasteiger partial charge in [0.05, 0.1) is 12.1 Å². The van der Waals surface area contributed by atoms with Crippen molar-refractivity contribution in [2.24, 2.45) is 5.92 Å². The molecule has 1 saturated heterocycles. The average Bonchev–Trinajstić information content (AvgIpc) is 2.99. The molecule has 2 aromatic rings. The summed E-state index contributed by atoms with van der Waals surface area (Å²) < 4.78 is 2.23. The number of likely N-dealkylation sites (tertiary alicyclic amines) is 1. The molecule has 4 nitrogen and oxygen atoms in total. The molecule has 23 heavy (non-hydrogen) atoms. The Morgan fingerprint density at radius 2 is 2.04 bits per heavy atom. The number of amides is 1. The molecule has 0 unspecified atom stereocenters. The number of fused-ring (bicyclic) bond motifs is 3. The van der Waals surface area contributed by atoms with Crippen LogP contribution in [-0.2, 0) is 6.54 Å². The van der Waals surface area contributed by atoms with Gasteiger partial charge in [0.15, 0.2) is 0 Å².